The van der Waals surface area contributed by atoms with Gasteiger partial charge < -0.3 is 20.4 Å². The van der Waals surface area contributed by atoms with E-state index >= 15 is 0 Å². The number of aryl methyl sites for hydroxylation is 1. The maximum Gasteiger partial charge on any atom is 0.337 e. The average Bonchev–Trinajstić information content (AvgIpc) is 2.39. The van der Waals surface area contributed by atoms with E-state index in [0.717, 1.165) is 5.56 Å². The molecule has 0 saturated carbocycles. The first-order valence-corrected chi connectivity index (χ1v) is 6.18. The Labute approximate surface area is 118 Å². The molecule has 0 fully saturated rings. The van der Waals surface area contributed by atoms with Crippen molar-refractivity contribution in [3.8, 4) is 0 Å². The number of hydrogen-bond acceptors (Lipinski definition) is 3. The minimum atomic E-state index is -1.10. The van der Waals surface area contributed by atoms with E-state index in [1.54, 1.807) is 40.0 Å². The van der Waals surface area contributed by atoms with Gasteiger partial charge in [-0.3, -0.25) is 0 Å². The van der Waals surface area contributed by atoms with Crippen LogP contribution in [0.15, 0.2) is 18.2 Å². The molecular weight excluding hydrogens is 260 g/mol. The summed E-state index contributed by atoms with van der Waals surface area (Å²) in [5.41, 5.74) is 0.324. The number of aliphatic hydroxyl groups is 1. The van der Waals surface area contributed by atoms with Crippen LogP contribution < -0.4 is 5.32 Å². The molecule has 0 aliphatic rings. The van der Waals surface area contributed by atoms with E-state index in [2.05, 4.69) is 5.32 Å². The Morgan fingerprint density at radius 3 is 2.45 bits per heavy atom. The molecule has 1 rings (SSSR count). The standard InChI is InChI=1S/C14H20N2O4/c1-9-5-6-11(10(7-9)12(18)19)15-13(20)16(4)14(2,3)8-17/h5-7,17H,8H2,1-4H3,(H,15,20)(H,18,19). The number of rotatable bonds is 4. The van der Waals surface area contributed by atoms with Crippen LogP contribution in [0, 0.1) is 6.92 Å². The van der Waals surface area contributed by atoms with Gasteiger partial charge in [-0.05, 0) is 32.9 Å². The predicted molar refractivity (Wildman–Crippen MR) is 76.1 cm³/mol. The highest BCUT2D eigenvalue weighted by Gasteiger charge is 2.27. The van der Waals surface area contributed by atoms with Crippen LogP contribution in [-0.2, 0) is 0 Å². The SMILES string of the molecule is Cc1ccc(NC(=O)N(C)C(C)(C)CO)c(C(=O)O)c1. The van der Waals surface area contributed by atoms with Crippen molar-refractivity contribution in [3.05, 3.63) is 29.3 Å². The number of hydrogen-bond donors (Lipinski definition) is 3. The molecule has 0 atom stereocenters. The molecule has 0 unspecified atom stereocenters. The van der Waals surface area contributed by atoms with E-state index in [9.17, 15) is 14.7 Å². The molecule has 2 amide bonds. The molecule has 20 heavy (non-hydrogen) atoms. The van der Waals surface area contributed by atoms with Gasteiger partial charge in [-0.2, -0.15) is 0 Å². The van der Waals surface area contributed by atoms with E-state index in [4.69, 9.17) is 5.11 Å². The summed E-state index contributed by atoms with van der Waals surface area (Å²) in [6, 6.07) is 4.29. The highest BCUT2D eigenvalue weighted by Crippen LogP contribution is 2.19. The number of urea groups is 1. The number of aromatic carboxylic acids is 1. The van der Waals surface area contributed by atoms with E-state index in [-0.39, 0.29) is 17.9 Å². The number of likely N-dealkylation sites (N-methyl/N-ethyl adjacent to an activating group) is 1. The van der Waals surface area contributed by atoms with Crippen molar-refractivity contribution in [2.24, 2.45) is 0 Å². The number of carboxylic acid groups (broad SMARTS) is 1. The normalized spacial score (nSPS) is 11.1. The Morgan fingerprint density at radius 2 is 1.95 bits per heavy atom. The summed E-state index contributed by atoms with van der Waals surface area (Å²) in [7, 11) is 1.54. The summed E-state index contributed by atoms with van der Waals surface area (Å²) in [4.78, 5) is 24.6. The van der Waals surface area contributed by atoms with Crippen LogP contribution in [0.4, 0.5) is 10.5 Å². The van der Waals surface area contributed by atoms with E-state index < -0.39 is 17.5 Å². The summed E-state index contributed by atoms with van der Waals surface area (Å²) in [6.45, 7) is 5.00. The molecule has 0 spiro atoms. The van der Waals surface area contributed by atoms with Crippen molar-refractivity contribution in [3.63, 3.8) is 0 Å². The Morgan fingerprint density at radius 1 is 1.35 bits per heavy atom. The van der Waals surface area contributed by atoms with Crippen LogP contribution in [0.2, 0.25) is 0 Å². The Balaban J connectivity index is 3.00. The number of benzene rings is 1. The number of carbonyl (C=O) groups excluding carboxylic acids is 1. The highest BCUT2D eigenvalue weighted by molar-refractivity contribution is 6.00. The van der Waals surface area contributed by atoms with E-state index in [0.29, 0.717) is 0 Å². The summed E-state index contributed by atoms with van der Waals surface area (Å²) in [5, 5.41) is 20.9. The Kier molecular flexibility index (Phi) is 4.73. The van der Waals surface area contributed by atoms with Gasteiger partial charge in [0, 0.05) is 7.05 Å². The maximum absolute atomic E-state index is 12.1. The zero-order chi connectivity index (χ0) is 15.5. The van der Waals surface area contributed by atoms with Gasteiger partial charge in [-0.1, -0.05) is 11.6 Å². The van der Waals surface area contributed by atoms with Crippen LogP contribution in [0.5, 0.6) is 0 Å². The smallest absolute Gasteiger partial charge is 0.337 e. The monoisotopic (exact) mass is 280 g/mol. The fourth-order valence-electron chi connectivity index (χ4n) is 1.52. The molecule has 0 aromatic heterocycles. The third-order valence-electron chi connectivity index (χ3n) is 3.25. The molecule has 6 nitrogen and oxygen atoms in total. The third-order valence-corrected chi connectivity index (χ3v) is 3.25. The topological polar surface area (TPSA) is 89.9 Å². The van der Waals surface area contributed by atoms with Crippen molar-refractivity contribution in [1.82, 2.24) is 4.90 Å². The fourth-order valence-corrected chi connectivity index (χ4v) is 1.52. The first-order chi connectivity index (χ1) is 9.19. The first kappa shape index (κ1) is 16.0. The third kappa shape index (κ3) is 3.48. The number of amides is 2. The molecule has 6 heteroatoms. The zero-order valence-electron chi connectivity index (χ0n) is 12.1. The van der Waals surface area contributed by atoms with Crippen LogP contribution in [-0.4, -0.2) is 46.3 Å². The lowest BCUT2D eigenvalue weighted by molar-refractivity contribution is 0.0698. The molecule has 0 bridgehead atoms. The lowest BCUT2D eigenvalue weighted by Gasteiger charge is -2.33. The largest absolute Gasteiger partial charge is 0.478 e. The lowest BCUT2D eigenvalue weighted by Crippen LogP contribution is -2.49. The van der Waals surface area contributed by atoms with Gasteiger partial charge in [-0.15, -0.1) is 0 Å². The molecule has 110 valence electrons. The molecule has 0 heterocycles. The number of aliphatic hydroxyl groups excluding tert-OH is 1. The average molecular weight is 280 g/mol. The molecule has 0 aliphatic heterocycles. The number of anilines is 1. The Bertz CT molecular complexity index is 526. The molecule has 0 saturated heterocycles. The van der Waals surface area contributed by atoms with E-state index in [1.165, 1.54) is 11.0 Å². The van der Waals surface area contributed by atoms with Gasteiger partial charge >= 0.3 is 12.0 Å². The maximum atomic E-state index is 12.1. The van der Waals surface area contributed by atoms with Gasteiger partial charge in [0.2, 0.25) is 0 Å². The zero-order valence-corrected chi connectivity index (χ0v) is 12.1. The quantitative estimate of drug-likeness (QED) is 0.786. The van der Waals surface area contributed by atoms with Gasteiger partial charge in [0.05, 0.1) is 23.4 Å². The second-order valence-electron chi connectivity index (χ2n) is 5.31. The van der Waals surface area contributed by atoms with Crippen molar-refractivity contribution in [2.45, 2.75) is 26.3 Å². The summed E-state index contributed by atoms with van der Waals surface area (Å²) < 4.78 is 0. The molecule has 1 aromatic carbocycles. The summed E-state index contributed by atoms with van der Waals surface area (Å²) in [6.07, 6.45) is 0. The highest BCUT2D eigenvalue weighted by atomic mass is 16.4. The van der Waals surface area contributed by atoms with Crippen LogP contribution >= 0.6 is 0 Å². The predicted octanol–water partition coefficient (Wildman–Crippen LogP) is 1.93. The molecule has 1 aromatic rings. The van der Waals surface area contributed by atoms with Gasteiger partial charge in [-0.25, -0.2) is 9.59 Å². The second kappa shape index (κ2) is 5.92. The van der Waals surface area contributed by atoms with Crippen molar-refractivity contribution in [1.29, 1.82) is 0 Å². The summed E-state index contributed by atoms with van der Waals surface area (Å²) >= 11 is 0. The first-order valence-electron chi connectivity index (χ1n) is 6.18. The number of nitrogens with zero attached hydrogens (tertiary/aromatic N) is 1. The van der Waals surface area contributed by atoms with Crippen LogP contribution in [0.3, 0.4) is 0 Å². The minimum Gasteiger partial charge on any atom is -0.478 e. The summed E-state index contributed by atoms with van der Waals surface area (Å²) in [5.74, 6) is -1.10. The fraction of sp³-hybridized carbons (Fsp3) is 0.429. The number of carboxylic acids is 1. The lowest BCUT2D eigenvalue weighted by atomic mass is 10.1. The van der Waals surface area contributed by atoms with Gasteiger partial charge in [0.1, 0.15) is 0 Å². The van der Waals surface area contributed by atoms with Crippen molar-refractivity contribution in [2.75, 3.05) is 19.0 Å². The second-order valence-corrected chi connectivity index (χ2v) is 5.31. The van der Waals surface area contributed by atoms with Gasteiger partial charge in [0.15, 0.2) is 0 Å². The van der Waals surface area contributed by atoms with Crippen molar-refractivity contribution < 1.29 is 19.8 Å². The van der Waals surface area contributed by atoms with E-state index in [1.807, 2.05) is 0 Å². The minimum absolute atomic E-state index is 0.0357. The molecule has 0 radical (unpaired) electrons. The Hall–Kier alpha value is -2.08. The number of carbonyl (C=O) groups is 2. The molecule has 3 N–H and O–H groups in total. The van der Waals surface area contributed by atoms with Crippen LogP contribution in [0.1, 0.15) is 29.8 Å². The molecule has 0 aliphatic carbocycles. The van der Waals surface area contributed by atoms with Gasteiger partial charge in [0.25, 0.3) is 0 Å². The molecular formula is C14H20N2O4. The van der Waals surface area contributed by atoms with Crippen LogP contribution in [0.25, 0.3) is 0 Å². The van der Waals surface area contributed by atoms with Crippen molar-refractivity contribution >= 4 is 17.7 Å². The number of nitrogens with one attached hydrogen (secondary N) is 1.